The van der Waals surface area contributed by atoms with Crippen LogP contribution < -0.4 is 10.6 Å². The molecule has 4 atom stereocenters. The highest BCUT2D eigenvalue weighted by atomic mass is 16.5. The van der Waals surface area contributed by atoms with Gasteiger partial charge in [0, 0.05) is 25.3 Å². The first-order valence-corrected chi connectivity index (χ1v) is 20.9. The Labute approximate surface area is 345 Å². The van der Waals surface area contributed by atoms with Crippen LogP contribution in [0.3, 0.4) is 0 Å². The molecule has 2 aromatic carbocycles. The lowest BCUT2D eigenvalue weighted by Crippen LogP contribution is -2.51. The van der Waals surface area contributed by atoms with Crippen molar-refractivity contribution in [2.75, 3.05) is 33.9 Å². The second-order valence-corrected chi connectivity index (χ2v) is 16.0. The number of likely N-dealkylation sites (tertiary alicyclic amines) is 1. The number of rotatable bonds is 8. The minimum Gasteiger partial charge on any atom is -0.453 e. The van der Waals surface area contributed by atoms with Crippen molar-refractivity contribution in [1.29, 1.82) is 0 Å². The third-order valence-electron chi connectivity index (χ3n) is 11.7. The SMILES string of the molecule is COC(=O)N[C@H]1CCCCCCOCc2[nH]c(nc2-c2ccc(-c3ccc(-c4cnc([C@@H]5CCCN5C(=O)[C@@H](NC(=O)OC)C(C)C)[nH]4)cc3)cc2)[C@@H]2CCCN2C1=O. The summed E-state index contributed by atoms with van der Waals surface area (Å²) in [6.07, 6.45) is 8.00. The molecule has 15 heteroatoms. The number of carbonyl (C=O) groups excluding carboxylic acids is 4. The van der Waals surface area contributed by atoms with Gasteiger partial charge in [0.25, 0.3) is 0 Å². The number of alkyl carbamates (subject to hydrolysis) is 2. The van der Waals surface area contributed by atoms with Crippen molar-refractivity contribution >= 4 is 24.0 Å². The summed E-state index contributed by atoms with van der Waals surface area (Å²) >= 11 is 0. The lowest BCUT2D eigenvalue weighted by Gasteiger charge is -2.30. The molecule has 314 valence electrons. The van der Waals surface area contributed by atoms with Crippen molar-refractivity contribution in [3.8, 4) is 33.6 Å². The largest absolute Gasteiger partial charge is 0.453 e. The van der Waals surface area contributed by atoms with Gasteiger partial charge in [0.2, 0.25) is 11.8 Å². The molecule has 2 bridgehead atoms. The summed E-state index contributed by atoms with van der Waals surface area (Å²) < 4.78 is 15.8. The molecule has 0 spiro atoms. The number of nitrogens with zero attached hydrogens (tertiary/aromatic N) is 4. The molecule has 4 amide bonds. The lowest BCUT2D eigenvalue weighted by molar-refractivity contribution is -0.135. The molecule has 4 N–H and O–H groups in total. The van der Waals surface area contributed by atoms with Gasteiger partial charge >= 0.3 is 12.2 Å². The van der Waals surface area contributed by atoms with Crippen LogP contribution in [0.25, 0.3) is 33.6 Å². The lowest BCUT2D eigenvalue weighted by atomic mass is 10.0. The van der Waals surface area contributed by atoms with Crippen molar-refractivity contribution in [3.05, 3.63) is 72.1 Å². The number of hydrogen-bond acceptors (Lipinski definition) is 9. The Morgan fingerprint density at radius 1 is 0.780 bits per heavy atom. The molecular weight excluding hydrogens is 753 g/mol. The Hall–Kier alpha value is -5.70. The van der Waals surface area contributed by atoms with Crippen LogP contribution in [0, 0.1) is 5.92 Å². The molecule has 15 nitrogen and oxygen atoms in total. The first kappa shape index (κ1) is 41.5. The smallest absolute Gasteiger partial charge is 0.407 e. The summed E-state index contributed by atoms with van der Waals surface area (Å²) in [7, 11) is 2.60. The highest BCUT2D eigenvalue weighted by molar-refractivity contribution is 5.87. The van der Waals surface area contributed by atoms with Gasteiger partial charge in [-0.3, -0.25) is 9.59 Å². The van der Waals surface area contributed by atoms with Crippen LogP contribution >= 0.6 is 0 Å². The monoisotopic (exact) mass is 808 g/mol. The normalized spacial score (nSPS) is 20.7. The minimum atomic E-state index is -0.692. The molecule has 0 aliphatic carbocycles. The van der Waals surface area contributed by atoms with Crippen LogP contribution in [0.5, 0.6) is 0 Å². The number of aromatic amines is 2. The maximum absolute atomic E-state index is 13.9. The number of aromatic nitrogens is 4. The molecule has 2 fully saturated rings. The second kappa shape index (κ2) is 18.9. The average Bonchev–Trinajstić information content (AvgIpc) is 4.09. The Morgan fingerprint density at radius 2 is 1.44 bits per heavy atom. The fourth-order valence-electron chi connectivity index (χ4n) is 8.49. The number of H-pyrrole nitrogens is 2. The molecule has 3 aliphatic rings. The van der Waals surface area contributed by atoms with Gasteiger partial charge in [0.05, 0.1) is 56.2 Å². The topological polar surface area (TPSA) is 184 Å². The van der Waals surface area contributed by atoms with Crippen molar-refractivity contribution in [2.45, 2.75) is 102 Å². The number of carbonyl (C=O) groups is 4. The summed E-state index contributed by atoms with van der Waals surface area (Å²) in [6.45, 7) is 5.99. The number of amides is 4. The quantitative estimate of drug-likeness (QED) is 0.145. The van der Waals surface area contributed by atoms with Gasteiger partial charge < -0.3 is 44.6 Å². The molecule has 4 aromatic rings. The van der Waals surface area contributed by atoms with Gasteiger partial charge in [-0.05, 0) is 61.1 Å². The maximum Gasteiger partial charge on any atom is 0.407 e. The Morgan fingerprint density at radius 3 is 2.15 bits per heavy atom. The van der Waals surface area contributed by atoms with E-state index in [1.165, 1.54) is 14.2 Å². The standard InChI is InChI=1S/C44H56N8O7/c1-27(2)37(50-44(56)58-4)42(54)52-23-9-12-35(52)39-45-25-33(46-39)30-18-14-28(15-19-30)29-16-20-31(21-17-29)38-34-26-59-24-8-6-5-7-11-32(48-43(55)57-3)41(53)51-22-10-13-36(51)40(47-34)49-38/h14-21,25,27,32,35-37H,5-13,22-24,26H2,1-4H3,(H,45,46)(H,47,49)(H,48,55)(H,50,56)/t32-,35-,36-,37-/m0/s1. The van der Waals surface area contributed by atoms with Crippen molar-refractivity contribution in [1.82, 2.24) is 40.4 Å². The van der Waals surface area contributed by atoms with E-state index in [1.54, 1.807) is 6.20 Å². The number of hydrogen-bond donors (Lipinski definition) is 4. The van der Waals surface area contributed by atoms with Crippen molar-refractivity contribution < 1.29 is 33.4 Å². The van der Waals surface area contributed by atoms with Gasteiger partial charge in [0.15, 0.2) is 0 Å². The van der Waals surface area contributed by atoms with Crippen LogP contribution in [-0.2, 0) is 30.4 Å². The number of benzene rings is 2. The van der Waals surface area contributed by atoms with Gasteiger partial charge in [-0.1, -0.05) is 81.6 Å². The van der Waals surface area contributed by atoms with Crippen LogP contribution in [-0.4, -0.2) is 99.7 Å². The zero-order valence-corrected chi connectivity index (χ0v) is 34.4. The number of fused-ring (bicyclic) bond motifs is 4. The van der Waals surface area contributed by atoms with Gasteiger partial charge in [-0.15, -0.1) is 0 Å². The number of methoxy groups -OCH3 is 2. The fraction of sp³-hybridized carbons (Fsp3) is 0.500. The van der Waals surface area contributed by atoms with Crippen LogP contribution in [0.15, 0.2) is 54.7 Å². The van der Waals surface area contributed by atoms with E-state index < -0.39 is 24.3 Å². The zero-order chi connectivity index (χ0) is 41.5. The molecule has 5 heterocycles. The Bertz CT molecular complexity index is 2080. The first-order valence-electron chi connectivity index (χ1n) is 20.9. The molecular formula is C44H56N8O7. The highest BCUT2D eigenvalue weighted by Gasteiger charge is 2.38. The molecule has 7 rings (SSSR count). The third-order valence-corrected chi connectivity index (χ3v) is 11.7. The van der Waals surface area contributed by atoms with Crippen LogP contribution in [0.2, 0.25) is 0 Å². The fourth-order valence-corrected chi connectivity index (χ4v) is 8.49. The molecule has 2 aromatic heterocycles. The number of nitrogens with one attached hydrogen (secondary N) is 4. The van der Waals surface area contributed by atoms with E-state index in [2.05, 4.69) is 69.1 Å². The Balaban J connectivity index is 1.06. The van der Waals surface area contributed by atoms with Gasteiger partial charge in [-0.2, -0.15) is 0 Å². The first-order chi connectivity index (χ1) is 28.6. The molecule has 0 unspecified atom stereocenters. The van der Waals surface area contributed by atoms with Gasteiger partial charge in [0.1, 0.15) is 23.7 Å². The molecule has 2 saturated heterocycles. The predicted octanol–water partition coefficient (Wildman–Crippen LogP) is 7.05. The Kier molecular flexibility index (Phi) is 13.3. The van der Waals surface area contributed by atoms with Crippen molar-refractivity contribution in [2.24, 2.45) is 5.92 Å². The van der Waals surface area contributed by atoms with E-state index in [-0.39, 0.29) is 29.8 Å². The molecule has 0 saturated carbocycles. The summed E-state index contributed by atoms with van der Waals surface area (Å²) in [6, 6.07) is 14.8. The number of ether oxygens (including phenoxy) is 3. The number of imidazole rings is 2. The van der Waals surface area contributed by atoms with E-state index >= 15 is 0 Å². The molecule has 59 heavy (non-hydrogen) atoms. The third kappa shape index (κ3) is 9.46. The average molecular weight is 809 g/mol. The molecule has 3 aliphatic heterocycles. The summed E-state index contributed by atoms with van der Waals surface area (Å²) in [5.41, 5.74) is 6.54. The van der Waals surface area contributed by atoms with E-state index in [1.807, 2.05) is 23.6 Å². The van der Waals surface area contributed by atoms with Crippen molar-refractivity contribution in [3.63, 3.8) is 0 Å². The van der Waals surface area contributed by atoms with Gasteiger partial charge in [-0.25, -0.2) is 19.6 Å². The van der Waals surface area contributed by atoms with E-state index in [9.17, 15) is 19.2 Å². The molecule has 0 radical (unpaired) electrons. The maximum atomic E-state index is 13.9. The van der Waals surface area contributed by atoms with Crippen LogP contribution in [0.4, 0.5) is 9.59 Å². The van der Waals surface area contributed by atoms with E-state index in [0.29, 0.717) is 32.7 Å². The van der Waals surface area contributed by atoms with E-state index in [0.717, 1.165) is 102 Å². The highest BCUT2D eigenvalue weighted by Crippen LogP contribution is 2.36. The summed E-state index contributed by atoms with van der Waals surface area (Å²) in [4.78, 5) is 72.1. The van der Waals surface area contributed by atoms with Crippen LogP contribution in [0.1, 0.15) is 101 Å². The van der Waals surface area contributed by atoms with E-state index in [4.69, 9.17) is 24.2 Å². The minimum absolute atomic E-state index is 0.106. The summed E-state index contributed by atoms with van der Waals surface area (Å²) in [5.74, 6) is 1.09. The predicted molar refractivity (Wildman–Crippen MR) is 221 cm³/mol. The summed E-state index contributed by atoms with van der Waals surface area (Å²) in [5, 5.41) is 5.48. The second-order valence-electron chi connectivity index (χ2n) is 16.0. The zero-order valence-electron chi connectivity index (χ0n) is 34.4.